The summed E-state index contributed by atoms with van der Waals surface area (Å²) in [5.74, 6) is -0.0927. The molecular formula is C14H20N4O. The molecule has 2 atom stereocenters. The molecule has 2 aliphatic rings. The van der Waals surface area contributed by atoms with Crippen LogP contribution >= 0.6 is 0 Å². The summed E-state index contributed by atoms with van der Waals surface area (Å²) in [6.45, 7) is 4.15. The summed E-state index contributed by atoms with van der Waals surface area (Å²) in [5.41, 5.74) is 1.25. The van der Waals surface area contributed by atoms with Crippen molar-refractivity contribution in [3.63, 3.8) is 0 Å². The van der Waals surface area contributed by atoms with Gasteiger partial charge in [0.05, 0.1) is 11.9 Å². The fourth-order valence-corrected chi connectivity index (χ4v) is 3.17. The summed E-state index contributed by atoms with van der Waals surface area (Å²) >= 11 is 0. The van der Waals surface area contributed by atoms with Crippen LogP contribution in [0.15, 0.2) is 12.4 Å². The average Bonchev–Trinajstić information content (AvgIpc) is 2.83. The number of aromatic nitrogens is 2. The number of nitrogens with zero attached hydrogens (tertiary/aromatic N) is 3. The molecule has 5 nitrogen and oxygen atoms in total. The van der Waals surface area contributed by atoms with Gasteiger partial charge in [-0.15, -0.1) is 0 Å². The lowest BCUT2D eigenvalue weighted by Gasteiger charge is -2.32. The number of piperidine rings is 1. The molecule has 3 rings (SSSR count). The second kappa shape index (κ2) is 5.25. The highest BCUT2D eigenvalue weighted by Gasteiger charge is 2.36. The van der Waals surface area contributed by atoms with E-state index in [0.717, 1.165) is 18.7 Å². The highest BCUT2D eigenvalue weighted by Crippen LogP contribution is 2.27. The normalized spacial score (nSPS) is 27.0. The minimum absolute atomic E-state index is 0.0927. The Bertz CT molecular complexity index is 459. The Morgan fingerprint density at radius 1 is 1.26 bits per heavy atom. The minimum atomic E-state index is -0.0927. The number of hydrogen-bond donors (Lipinski definition) is 1. The van der Waals surface area contributed by atoms with Crippen molar-refractivity contribution in [2.24, 2.45) is 0 Å². The van der Waals surface area contributed by atoms with Crippen LogP contribution in [0.2, 0.25) is 0 Å². The van der Waals surface area contributed by atoms with Crippen LogP contribution in [0.3, 0.4) is 0 Å². The van der Waals surface area contributed by atoms with Crippen molar-refractivity contribution in [3.05, 3.63) is 23.8 Å². The van der Waals surface area contributed by atoms with Crippen molar-refractivity contribution in [2.45, 2.75) is 44.7 Å². The number of fused-ring (bicyclic) bond motifs is 1. The Labute approximate surface area is 113 Å². The summed E-state index contributed by atoms with van der Waals surface area (Å²) in [7, 11) is 0. The fourth-order valence-electron chi connectivity index (χ4n) is 3.17. The molecule has 0 bridgehead atoms. The molecule has 102 valence electrons. The number of carbonyl (C=O) groups is 1. The number of carbonyl (C=O) groups excluding carboxylic acids is 1. The maximum atomic E-state index is 12.2. The number of nitrogens with one attached hydrogen (secondary N) is 1. The number of rotatable bonds is 2. The molecule has 3 heterocycles. The summed E-state index contributed by atoms with van der Waals surface area (Å²) in [4.78, 5) is 22.9. The van der Waals surface area contributed by atoms with Crippen molar-refractivity contribution in [2.75, 3.05) is 13.1 Å². The lowest BCUT2D eigenvalue weighted by atomic mass is 9.99. The van der Waals surface area contributed by atoms with Crippen LogP contribution in [0, 0.1) is 6.92 Å². The van der Waals surface area contributed by atoms with Gasteiger partial charge < -0.3 is 5.32 Å². The second-order valence-corrected chi connectivity index (χ2v) is 5.51. The summed E-state index contributed by atoms with van der Waals surface area (Å²) in [6.07, 6.45) is 8.01. The lowest BCUT2D eigenvalue weighted by Crippen LogP contribution is -2.46. The molecule has 0 saturated carbocycles. The van der Waals surface area contributed by atoms with E-state index in [1.165, 1.54) is 25.8 Å². The molecule has 0 aliphatic carbocycles. The molecule has 0 unspecified atom stereocenters. The molecule has 1 aromatic rings. The number of amides is 1. The molecule has 0 radical (unpaired) electrons. The Morgan fingerprint density at radius 2 is 2.16 bits per heavy atom. The minimum Gasteiger partial charge on any atom is -0.346 e. The van der Waals surface area contributed by atoms with Gasteiger partial charge >= 0.3 is 0 Å². The lowest BCUT2D eigenvalue weighted by molar-refractivity contribution is 0.0910. The third kappa shape index (κ3) is 2.61. The third-order valence-electron chi connectivity index (χ3n) is 4.19. The van der Waals surface area contributed by atoms with Crippen molar-refractivity contribution >= 4 is 5.91 Å². The van der Waals surface area contributed by atoms with Gasteiger partial charge in [0.25, 0.3) is 5.91 Å². The molecule has 0 aromatic carbocycles. The molecule has 2 aliphatic heterocycles. The van der Waals surface area contributed by atoms with Gasteiger partial charge in [-0.3, -0.25) is 14.7 Å². The maximum absolute atomic E-state index is 12.2. The van der Waals surface area contributed by atoms with Crippen molar-refractivity contribution in [1.82, 2.24) is 20.2 Å². The molecule has 2 saturated heterocycles. The van der Waals surface area contributed by atoms with Gasteiger partial charge in [0.15, 0.2) is 0 Å². The van der Waals surface area contributed by atoms with Gasteiger partial charge in [0.2, 0.25) is 0 Å². The Morgan fingerprint density at radius 3 is 2.95 bits per heavy atom. The third-order valence-corrected chi connectivity index (χ3v) is 4.19. The molecular weight excluding hydrogens is 240 g/mol. The summed E-state index contributed by atoms with van der Waals surface area (Å²) in [5, 5.41) is 3.13. The van der Waals surface area contributed by atoms with Crippen molar-refractivity contribution < 1.29 is 4.79 Å². The summed E-state index contributed by atoms with van der Waals surface area (Å²) < 4.78 is 0. The predicted molar refractivity (Wildman–Crippen MR) is 71.9 cm³/mol. The van der Waals surface area contributed by atoms with Gasteiger partial charge in [0, 0.05) is 24.8 Å². The Kier molecular flexibility index (Phi) is 3.46. The van der Waals surface area contributed by atoms with Crippen molar-refractivity contribution in [1.29, 1.82) is 0 Å². The van der Waals surface area contributed by atoms with E-state index in [9.17, 15) is 4.79 Å². The maximum Gasteiger partial charge on any atom is 0.271 e. The zero-order valence-corrected chi connectivity index (χ0v) is 11.3. The van der Waals surface area contributed by atoms with Crippen LogP contribution in [0.4, 0.5) is 0 Å². The second-order valence-electron chi connectivity index (χ2n) is 5.51. The first-order valence-electron chi connectivity index (χ1n) is 7.07. The van der Waals surface area contributed by atoms with Gasteiger partial charge in [-0.1, -0.05) is 6.42 Å². The van der Waals surface area contributed by atoms with Crippen LogP contribution in [0.5, 0.6) is 0 Å². The highest BCUT2D eigenvalue weighted by atomic mass is 16.2. The van der Waals surface area contributed by atoms with Crippen LogP contribution in [-0.4, -0.2) is 45.9 Å². The first-order chi connectivity index (χ1) is 9.24. The smallest absolute Gasteiger partial charge is 0.271 e. The van der Waals surface area contributed by atoms with Crippen molar-refractivity contribution in [3.8, 4) is 0 Å². The van der Waals surface area contributed by atoms with Crippen LogP contribution in [-0.2, 0) is 0 Å². The molecule has 1 N–H and O–H groups in total. The van der Waals surface area contributed by atoms with Gasteiger partial charge in [-0.2, -0.15) is 0 Å². The van der Waals surface area contributed by atoms with Crippen LogP contribution < -0.4 is 5.32 Å². The first kappa shape index (κ1) is 12.5. The molecule has 0 spiro atoms. The first-order valence-corrected chi connectivity index (χ1v) is 7.07. The fraction of sp³-hybridized carbons (Fsp3) is 0.643. The van der Waals surface area contributed by atoms with E-state index in [1.54, 1.807) is 12.4 Å². The van der Waals surface area contributed by atoms with E-state index in [-0.39, 0.29) is 11.9 Å². The van der Waals surface area contributed by atoms with Crippen LogP contribution in [0.1, 0.15) is 41.9 Å². The molecule has 2 fully saturated rings. The zero-order chi connectivity index (χ0) is 13.2. The monoisotopic (exact) mass is 260 g/mol. The Hall–Kier alpha value is -1.49. The molecule has 1 aromatic heterocycles. The largest absolute Gasteiger partial charge is 0.346 e. The zero-order valence-electron chi connectivity index (χ0n) is 11.3. The van der Waals surface area contributed by atoms with Gasteiger partial charge in [-0.05, 0) is 32.7 Å². The SMILES string of the molecule is Cc1cnc(C(=O)N[C@H]2CCN3CCCC[C@@H]23)cn1. The molecule has 19 heavy (non-hydrogen) atoms. The van der Waals surface area contributed by atoms with Gasteiger partial charge in [0.1, 0.15) is 5.69 Å². The van der Waals surface area contributed by atoms with E-state index < -0.39 is 0 Å². The quantitative estimate of drug-likeness (QED) is 0.866. The van der Waals surface area contributed by atoms with E-state index in [2.05, 4.69) is 20.2 Å². The Balaban J connectivity index is 1.65. The number of hydrogen-bond acceptors (Lipinski definition) is 4. The van der Waals surface area contributed by atoms with E-state index >= 15 is 0 Å². The summed E-state index contributed by atoms with van der Waals surface area (Å²) in [6, 6.07) is 0.798. The van der Waals surface area contributed by atoms with E-state index in [0.29, 0.717) is 11.7 Å². The average molecular weight is 260 g/mol. The molecule has 1 amide bonds. The number of aryl methyl sites for hydroxylation is 1. The van der Waals surface area contributed by atoms with E-state index in [1.807, 2.05) is 6.92 Å². The molecule has 5 heteroatoms. The topological polar surface area (TPSA) is 58.1 Å². The standard InChI is InChI=1S/C14H20N4O/c1-10-8-16-12(9-15-10)14(19)17-11-5-7-18-6-3-2-4-13(11)18/h8-9,11,13H,2-7H2,1H3,(H,17,19)/t11-,13-/m0/s1. The highest BCUT2D eigenvalue weighted by molar-refractivity contribution is 5.92. The van der Waals surface area contributed by atoms with Crippen LogP contribution in [0.25, 0.3) is 0 Å². The van der Waals surface area contributed by atoms with Gasteiger partial charge in [-0.25, -0.2) is 4.98 Å². The predicted octanol–water partition coefficient (Wildman–Crippen LogP) is 1.14. The van der Waals surface area contributed by atoms with E-state index in [4.69, 9.17) is 0 Å².